The van der Waals surface area contributed by atoms with Gasteiger partial charge in [0, 0.05) is 38.6 Å². The van der Waals surface area contributed by atoms with Crippen molar-refractivity contribution in [1.29, 1.82) is 0 Å². The van der Waals surface area contributed by atoms with E-state index in [1.54, 1.807) is 42.7 Å². The summed E-state index contributed by atoms with van der Waals surface area (Å²) < 4.78 is 19.0. The second kappa shape index (κ2) is 8.93. The van der Waals surface area contributed by atoms with Gasteiger partial charge in [0.05, 0.1) is 18.4 Å². The van der Waals surface area contributed by atoms with Crippen LogP contribution in [0.1, 0.15) is 5.56 Å². The fourth-order valence-electron chi connectivity index (χ4n) is 4.31. The van der Waals surface area contributed by atoms with Crippen molar-refractivity contribution in [2.45, 2.75) is 0 Å². The summed E-state index contributed by atoms with van der Waals surface area (Å²) in [4.78, 5) is 41.1. The highest BCUT2D eigenvalue weighted by molar-refractivity contribution is 6.45. The van der Waals surface area contributed by atoms with Crippen molar-refractivity contribution in [1.82, 2.24) is 14.9 Å². The van der Waals surface area contributed by atoms with E-state index in [9.17, 15) is 14.0 Å². The number of nitrogens with zero attached hydrogens (tertiary/aromatic N) is 5. The van der Waals surface area contributed by atoms with E-state index >= 15 is 0 Å². The standard InChI is InChI=1S/C25H22FN5O3/c1-34-20-6-3-2-5-19(20)31-23(32)21(17-7-9-18(26)10-8-17)22(24(31)33)29-13-15-30(16-14-29)25-27-11-4-12-28-25/h2-12H,13-16H2,1H3. The lowest BCUT2D eigenvalue weighted by atomic mass is 10.0. The average Bonchev–Trinajstić information content (AvgIpc) is 3.14. The van der Waals surface area contributed by atoms with Crippen molar-refractivity contribution in [3.63, 3.8) is 0 Å². The summed E-state index contributed by atoms with van der Waals surface area (Å²) in [5, 5.41) is 0. The second-order valence-corrected chi connectivity index (χ2v) is 7.87. The molecule has 1 aromatic heterocycles. The minimum Gasteiger partial charge on any atom is -0.495 e. The molecule has 2 aliphatic heterocycles. The minimum atomic E-state index is -0.468. The maximum absolute atomic E-state index is 13.7. The lowest BCUT2D eigenvalue weighted by Crippen LogP contribution is -2.48. The summed E-state index contributed by atoms with van der Waals surface area (Å²) >= 11 is 0. The van der Waals surface area contributed by atoms with Crippen LogP contribution in [-0.4, -0.2) is 60.0 Å². The highest BCUT2D eigenvalue weighted by atomic mass is 19.1. The molecule has 0 spiro atoms. The molecular weight excluding hydrogens is 437 g/mol. The van der Waals surface area contributed by atoms with Gasteiger partial charge >= 0.3 is 0 Å². The highest BCUT2D eigenvalue weighted by Crippen LogP contribution is 2.38. The molecule has 9 heteroatoms. The van der Waals surface area contributed by atoms with E-state index in [-0.39, 0.29) is 5.57 Å². The molecule has 3 aromatic rings. The average molecular weight is 459 g/mol. The summed E-state index contributed by atoms with van der Waals surface area (Å²) in [7, 11) is 1.49. The van der Waals surface area contributed by atoms with Crippen LogP contribution in [0.4, 0.5) is 16.0 Å². The molecule has 5 rings (SSSR count). The van der Waals surface area contributed by atoms with Gasteiger partial charge in [0.1, 0.15) is 17.3 Å². The van der Waals surface area contributed by atoms with Crippen LogP contribution >= 0.6 is 0 Å². The summed E-state index contributed by atoms with van der Waals surface area (Å²) in [6, 6.07) is 14.3. The van der Waals surface area contributed by atoms with E-state index in [1.165, 1.54) is 31.4 Å². The van der Waals surface area contributed by atoms with E-state index in [2.05, 4.69) is 9.97 Å². The maximum Gasteiger partial charge on any atom is 0.282 e. The number of para-hydroxylation sites is 2. The van der Waals surface area contributed by atoms with Crippen molar-refractivity contribution in [3.05, 3.63) is 84.1 Å². The van der Waals surface area contributed by atoms with Gasteiger partial charge in [0.2, 0.25) is 5.95 Å². The zero-order valence-corrected chi connectivity index (χ0v) is 18.5. The first kappa shape index (κ1) is 21.6. The Morgan fingerprint density at radius 3 is 2.15 bits per heavy atom. The molecule has 0 saturated carbocycles. The van der Waals surface area contributed by atoms with E-state index in [4.69, 9.17) is 4.74 Å². The Bertz CT molecular complexity index is 1260. The number of piperazine rings is 1. The molecule has 1 fully saturated rings. The molecule has 0 unspecified atom stereocenters. The number of hydrogen-bond donors (Lipinski definition) is 0. The van der Waals surface area contributed by atoms with Crippen LogP contribution in [0.5, 0.6) is 5.75 Å². The summed E-state index contributed by atoms with van der Waals surface area (Å²) in [5.74, 6) is -0.279. The molecule has 0 radical (unpaired) electrons. The number of carbonyl (C=O) groups is 2. The molecule has 2 amide bonds. The van der Waals surface area contributed by atoms with Gasteiger partial charge in [0.25, 0.3) is 11.8 Å². The summed E-state index contributed by atoms with van der Waals surface area (Å²) in [6.45, 7) is 2.16. The number of rotatable bonds is 5. The van der Waals surface area contributed by atoms with Gasteiger partial charge in [-0.15, -0.1) is 0 Å². The maximum atomic E-state index is 13.7. The fraction of sp³-hybridized carbons (Fsp3) is 0.200. The Morgan fingerprint density at radius 1 is 0.824 bits per heavy atom. The van der Waals surface area contributed by atoms with Crippen LogP contribution in [0.15, 0.2) is 72.7 Å². The van der Waals surface area contributed by atoms with Crippen LogP contribution in [0, 0.1) is 5.82 Å². The summed E-state index contributed by atoms with van der Waals surface area (Å²) in [5.41, 5.74) is 1.41. The fourth-order valence-corrected chi connectivity index (χ4v) is 4.31. The Kier molecular flexibility index (Phi) is 5.67. The van der Waals surface area contributed by atoms with Gasteiger partial charge in [-0.3, -0.25) is 9.59 Å². The number of methoxy groups -OCH3 is 1. The molecular formula is C25H22FN5O3. The Hall–Kier alpha value is -4.27. The molecule has 8 nitrogen and oxygen atoms in total. The Balaban J connectivity index is 1.52. The van der Waals surface area contributed by atoms with Crippen LogP contribution < -0.4 is 14.5 Å². The number of aromatic nitrogens is 2. The molecule has 0 atom stereocenters. The van der Waals surface area contributed by atoms with Crippen molar-refractivity contribution < 1.29 is 18.7 Å². The Labute approximate surface area is 195 Å². The lowest BCUT2D eigenvalue weighted by Gasteiger charge is -2.36. The number of amides is 2. The largest absolute Gasteiger partial charge is 0.495 e. The van der Waals surface area contributed by atoms with Gasteiger partial charge in [-0.1, -0.05) is 24.3 Å². The number of anilines is 2. The first-order valence-corrected chi connectivity index (χ1v) is 10.9. The molecule has 0 N–H and O–H groups in total. The molecule has 1 saturated heterocycles. The zero-order chi connectivity index (χ0) is 23.7. The molecule has 2 aromatic carbocycles. The zero-order valence-electron chi connectivity index (χ0n) is 18.5. The third-order valence-electron chi connectivity index (χ3n) is 5.95. The first-order valence-electron chi connectivity index (χ1n) is 10.9. The third-order valence-corrected chi connectivity index (χ3v) is 5.95. The van der Waals surface area contributed by atoms with E-state index < -0.39 is 17.6 Å². The first-order chi connectivity index (χ1) is 16.6. The van der Waals surface area contributed by atoms with Gasteiger partial charge < -0.3 is 14.5 Å². The normalized spacial score (nSPS) is 16.5. The van der Waals surface area contributed by atoms with Crippen molar-refractivity contribution in [3.8, 4) is 5.75 Å². The van der Waals surface area contributed by atoms with E-state index in [0.29, 0.717) is 54.8 Å². The number of benzene rings is 2. The Morgan fingerprint density at radius 2 is 1.47 bits per heavy atom. The van der Waals surface area contributed by atoms with Crippen molar-refractivity contribution >= 4 is 29.0 Å². The highest BCUT2D eigenvalue weighted by Gasteiger charge is 2.44. The monoisotopic (exact) mass is 459 g/mol. The quantitative estimate of drug-likeness (QED) is 0.543. The smallest absolute Gasteiger partial charge is 0.282 e. The SMILES string of the molecule is COc1ccccc1N1C(=O)C(c2ccc(F)cc2)=C(N2CCN(c3ncccn3)CC2)C1=O. The molecule has 0 aliphatic carbocycles. The molecule has 3 heterocycles. The van der Waals surface area contributed by atoms with Crippen molar-refractivity contribution in [2.75, 3.05) is 43.1 Å². The number of imide groups is 1. The third kappa shape index (κ3) is 3.75. The van der Waals surface area contributed by atoms with Gasteiger partial charge in [-0.2, -0.15) is 0 Å². The number of ether oxygens (including phenoxy) is 1. The second-order valence-electron chi connectivity index (χ2n) is 7.87. The molecule has 172 valence electrons. The van der Waals surface area contributed by atoms with Crippen LogP contribution in [0.3, 0.4) is 0 Å². The predicted octanol–water partition coefficient (Wildman–Crippen LogP) is 2.73. The van der Waals surface area contributed by atoms with Gasteiger partial charge in [-0.25, -0.2) is 19.3 Å². The minimum absolute atomic E-state index is 0.250. The van der Waals surface area contributed by atoms with Crippen molar-refractivity contribution in [2.24, 2.45) is 0 Å². The van der Waals surface area contributed by atoms with Gasteiger partial charge in [-0.05, 0) is 35.9 Å². The number of carbonyl (C=O) groups excluding carboxylic acids is 2. The summed E-state index contributed by atoms with van der Waals surface area (Å²) in [6.07, 6.45) is 3.38. The van der Waals surface area contributed by atoms with Crippen LogP contribution in [-0.2, 0) is 9.59 Å². The van der Waals surface area contributed by atoms with E-state index in [1.807, 2.05) is 9.80 Å². The molecule has 0 bridgehead atoms. The topological polar surface area (TPSA) is 78.9 Å². The predicted molar refractivity (Wildman–Crippen MR) is 125 cm³/mol. The van der Waals surface area contributed by atoms with Crippen LogP contribution in [0.2, 0.25) is 0 Å². The van der Waals surface area contributed by atoms with Gasteiger partial charge in [0.15, 0.2) is 0 Å². The molecule has 34 heavy (non-hydrogen) atoms. The number of halogens is 1. The number of hydrogen-bond acceptors (Lipinski definition) is 7. The van der Waals surface area contributed by atoms with E-state index in [0.717, 1.165) is 4.90 Å². The van der Waals surface area contributed by atoms with Crippen LogP contribution in [0.25, 0.3) is 5.57 Å². The lowest BCUT2D eigenvalue weighted by molar-refractivity contribution is -0.120. The molecule has 2 aliphatic rings.